The predicted octanol–water partition coefficient (Wildman–Crippen LogP) is 0.988. The molecule has 2 fully saturated rings. The highest BCUT2D eigenvalue weighted by Crippen LogP contribution is 2.33. The van der Waals surface area contributed by atoms with E-state index in [4.69, 9.17) is 0 Å². The lowest BCUT2D eigenvalue weighted by Gasteiger charge is -2.35. The minimum absolute atomic E-state index is 0.0301. The Morgan fingerprint density at radius 3 is 2.55 bits per heavy atom. The molecule has 2 amide bonds. The zero-order chi connectivity index (χ0) is 14.8. The lowest BCUT2D eigenvalue weighted by molar-refractivity contribution is -0.140. The Bertz CT molecular complexity index is 375. The van der Waals surface area contributed by atoms with Gasteiger partial charge in [0.05, 0.1) is 0 Å². The summed E-state index contributed by atoms with van der Waals surface area (Å²) in [5.41, 5.74) is -0.597. The molecule has 5 nitrogen and oxygen atoms in total. The molecule has 0 radical (unpaired) electrons. The van der Waals surface area contributed by atoms with Crippen LogP contribution >= 0.6 is 0 Å². The molecule has 1 heterocycles. The predicted molar refractivity (Wildman–Crippen MR) is 78.3 cm³/mol. The van der Waals surface area contributed by atoms with Gasteiger partial charge < -0.3 is 15.1 Å². The van der Waals surface area contributed by atoms with Crippen molar-refractivity contribution < 1.29 is 9.59 Å². The van der Waals surface area contributed by atoms with E-state index in [9.17, 15) is 9.59 Å². The van der Waals surface area contributed by atoms with E-state index in [1.165, 1.54) is 0 Å². The molecule has 1 aliphatic heterocycles. The van der Waals surface area contributed by atoms with E-state index in [2.05, 4.69) is 17.1 Å². The summed E-state index contributed by atoms with van der Waals surface area (Å²) in [5.74, 6) is 0.176. The molecule has 2 aliphatic rings. The van der Waals surface area contributed by atoms with Crippen LogP contribution in [0.3, 0.4) is 0 Å². The van der Waals surface area contributed by atoms with E-state index in [1.54, 1.807) is 0 Å². The van der Waals surface area contributed by atoms with Crippen molar-refractivity contribution >= 4 is 11.8 Å². The molecular formula is C15H27N3O2. The lowest BCUT2D eigenvalue weighted by Crippen LogP contribution is -2.57. The monoisotopic (exact) mass is 281 g/mol. The van der Waals surface area contributed by atoms with E-state index in [0.717, 1.165) is 38.6 Å². The van der Waals surface area contributed by atoms with Gasteiger partial charge in [-0.05, 0) is 46.8 Å². The number of nitrogens with one attached hydrogen (secondary N) is 1. The molecule has 1 N–H and O–H groups in total. The summed E-state index contributed by atoms with van der Waals surface area (Å²) in [6, 6.07) is 0.190. The van der Waals surface area contributed by atoms with Gasteiger partial charge in [0.25, 0.3) is 0 Å². The van der Waals surface area contributed by atoms with E-state index in [-0.39, 0.29) is 17.9 Å². The van der Waals surface area contributed by atoms with Gasteiger partial charge in [0.1, 0.15) is 5.54 Å². The molecule has 1 saturated carbocycles. The first-order chi connectivity index (χ1) is 9.44. The minimum Gasteiger partial charge on any atom is -0.342 e. The standard InChI is InChI=1S/C15H27N3O2/c1-12(6-10-17(2)3)18-11-7-13(19)16-15(14(18)20)8-4-5-9-15/h12H,4-11H2,1-3H3,(H,16,19). The van der Waals surface area contributed by atoms with E-state index in [1.807, 2.05) is 19.0 Å². The highest BCUT2D eigenvalue weighted by Gasteiger charge is 2.47. The number of carbonyl (C=O) groups excluding carboxylic acids is 2. The van der Waals surface area contributed by atoms with Gasteiger partial charge in [0.15, 0.2) is 0 Å². The summed E-state index contributed by atoms with van der Waals surface area (Å²) >= 11 is 0. The molecule has 1 spiro atoms. The second-order valence-corrected chi connectivity index (χ2v) is 6.53. The third-order valence-electron chi connectivity index (χ3n) is 4.61. The van der Waals surface area contributed by atoms with Crippen molar-refractivity contribution in [2.24, 2.45) is 0 Å². The fourth-order valence-corrected chi connectivity index (χ4v) is 3.32. The highest BCUT2D eigenvalue weighted by atomic mass is 16.2. The molecule has 1 atom stereocenters. The van der Waals surface area contributed by atoms with Gasteiger partial charge in [-0.3, -0.25) is 9.59 Å². The quantitative estimate of drug-likeness (QED) is 0.836. The number of carbonyl (C=O) groups is 2. The number of hydrogen-bond acceptors (Lipinski definition) is 3. The topological polar surface area (TPSA) is 52.6 Å². The van der Waals surface area contributed by atoms with Crippen molar-refractivity contribution in [2.45, 2.75) is 57.0 Å². The lowest BCUT2D eigenvalue weighted by atomic mass is 9.95. The van der Waals surface area contributed by atoms with Crippen LogP contribution in [-0.2, 0) is 9.59 Å². The second kappa shape index (κ2) is 6.12. The first kappa shape index (κ1) is 15.3. The maximum atomic E-state index is 12.9. The zero-order valence-corrected chi connectivity index (χ0v) is 12.9. The van der Waals surface area contributed by atoms with E-state index >= 15 is 0 Å². The molecule has 5 heteroatoms. The van der Waals surface area contributed by atoms with Crippen molar-refractivity contribution in [3.63, 3.8) is 0 Å². The number of hydrogen-bond donors (Lipinski definition) is 1. The van der Waals surface area contributed by atoms with Crippen LogP contribution < -0.4 is 5.32 Å². The van der Waals surface area contributed by atoms with E-state index in [0.29, 0.717) is 13.0 Å². The van der Waals surface area contributed by atoms with Crippen LogP contribution in [0.2, 0.25) is 0 Å². The summed E-state index contributed by atoms with van der Waals surface area (Å²) < 4.78 is 0. The van der Waals surface area contributed by atoms with Gasteiger partial charge in [-0.15, -0.1) is 0 Å². The maximum Gasteiger partial charge on any atom is 0.248 e. The Labute approximate surface area is 121 Å². The SMILES string of the molecule is CC(CCN(C)C)N1CCC(=O)NC2(CCCC2)C1=O. The Hall–Kier alpha value is -1.10. The molecule has 0 aromatic rings. The van der Waals surface area contributed by atoms with Crippen LogP contribution in [-0.4, -0.2) is 60.4 Å². The van der Waals surface area contributed by atoms with Gasteiger partial charge in [0, 0.05) is 19.0 Å². The molecule has 1 aliphatic carbocycles. The molecule has 20 heavy (non-hydrogen) atoms. The summed E-state index contributed by atoms with van der Waals surface area (Å²) in [4.78, 5) is 28.9. The van der Waals surface area contributed by atoms with Crippen molar-refractivity contribution in [1.29, 1.82) is 0 Å². The minimum atomic E-state index is -0.597. The van der Waals surface area contributed by atoms with Crippen LogP contribution in [0, 0.1) is 0 Å². The van der Waals surface area contributed by atoms with Crippen molar-refractivity contribution in [3.05, 3.63) is 0 Å². The average molecular weight is 281 g/mol. The fraction of sp³-hybridized carbons (Fsp3) is 0.867. The Morgan fingerprint density at radius 2 is 1.95 bits per heavy atom. The average Bonchev–Trinajstić information content (AvgIpc) is 2.81. The molecule has 114 valence electrons. The first-order valence-electron chi connectivity index (χ1n) is 7.71. The summed E-state index contributed by atoms with van der Waals surface area (Å²) in [7, 11) is 4.08. The summed E-state index contributed by atoms with van der Waals surface area (Å²) in [6.07, 6.45) is 5.05. The van der Waals surface area contributed by atoms with Crippen molar-refractivity contribution in [2.75, 3.05) is 27.2 Å². The van der Waals surface area contributed by atoms with Crippen molar-refractivity contribution in [1.82, 2.24) is 15.1 Å². The Kier molecular flexibility index (Phi) is 4.68. The van der Waals surface area contributed by atoms with Crippen LogP contribution in [0.15, 0.2) is 0 Å². The molecule has 0 bridgehead atoms. The third kappa shape index (κ3) is 3.14. The van der Waals surface area contributed by atoms with Crippen LogP contribution in [0.25, 0.3) is 0 Å². The van der Waals surface area contributed by atoms with Gasteiger partial charge in [-0.25, -0.2) is 0 Å². The normalized spacial score (nSPS) is 24.1. The van der Waals surface area contributed by atoms with Crippen LogP contribution in [0.4, 0.5) is 0 Å². The summed E-state index contributed by atoms with van der Waals surface area (Å²) in [5, 5.41) is 3.01. The van der Waals surface area contributed by atoms with Crippen LogP contribution in [0.5, 0.6) is 0 Å². The smallest absolute Gasteiger partial charge is 0.248 e. The van der Waals surface area contributed by atoms with Crippen molar-refractivity contribution in [3.8, 4) is 0 Å². The van der Waals surface area contributed by atoms with Gasteiger partial charge >= 0.3 is 0 Å². The maximum absolute atomic E-state index is 12.9. The zero-order valence-electron chi connectivity index (χ0n) is 12.9. The molecule has 1 saturated heterocycles. The summed E-state index contributed by atoms with van der Waals surface area (Å²) in [6.45, 7) is 3.61. The molecule has 2 rings (SSSR count). The second-order valence-electron chi connectivity index (χ2n) is 6.53. The van der Waals surface area contributed by atoms with Crippen LogP contribution in [0.1, 0.15) is 45.4 Å². The number of amides is 2. The number of nitrogens with zero attached hydrogens (tertiary/aromatic N) is 2. The molecule has 0 aromatic carbocycles. The molecular weight excluding hydrogens is 254 g/mol. The molecule has 0 aromatic heterocycles. The van der Waals surface area contributed by atoms with E-state index < -0.39 is 5.54 Å². The number of rotatable bonds is 4. The molecule has 1 unspecified atom stereocenters. The van der Waals surface area contributed by atoms with Gasteiger partial charge in [-0.2, -0.15) is 0 Å². The Balaban J connectivity index is 2.11. The van der Waals surface area contributed by atoms with Gasteiger partial charge in [-0.1, -0.05) is 12.8 Å². The Morgan fingerprint density at radius 1 is 1.30 bits per heavy atom. The van der Waals surface area contributed by atoms with Gasteiger partial charge in [0.2, 0.25) is 11.8 Å². The third-order valence-corrected chi connectivity index (χ3v) is 4.61. The highest BCUT2D eigenvalue weighted by molar-refractivity contribution is 5.94. The first-order valence-corrected chi connectivity index (χ1v) is 7.71. The largest absolute Gasteiger partial charge is 0.342 e. The fourth-order valence-electron chi connectivity index (χ4n) is 3.32.